The van der Waals surface area contributed by atoms with Crippen molar-refractivity contribution in [2.75, 3.05) is 20.7 Å². The Morgan fingerprint density at radius 3 is 2.38 bits per heavy atom. The van der Waals surface area contributed by atoms with Crippen LogP contribution in [0.15, 0.2) is 12.1 Å². The van der Waals surface area contributed by atoms with Gasteiger partial charge >= 0.3 is 5.97 Å². The van der Waals surface area contributed by atoms with Crippen LogP contribution in [0.1, 0.15) is 53.7 Å². The van der Waals surface area contributed by atoms with E-state index < -0.39 is 5.97 Å². The molecular weight excluding hydrogens is 268 g/mol. The summed E-state index contributed by atoms with van der Waals surface area (Å²) in [6, 6.07) is 3.15. The van der Waals surface area contributed by atoms with E-state index in [0.29, 0.717) is 23.6 Å². The van der Waals surface area contributed by atoms with Gasteiger partial charge in [-0.15, -0.1) is 0 Å². The standard InChI is InChI=1S/C16H24N2O3/c1-7-16(3,4)10-21-15(20)12-8-9-13(17-11(12)2)14(19)18(5)6/h8-9H,7,10H2,1-6H3. The molecule has 1 amide bonds. The van der Waals surface area contributed by atoms with Gasteiger partial charge in [0.15, 0.2) is 0 Å². The van der Waals surface area contributed by atoms with Gasteiger partial charge in [-0.3, -0.25) is 4.79 Å². The van der Waals surface area contributed by atoms with Crippen LogP contribution in [0.5, 0.6) is 0 Å². The molecule has 0 N–H and O–H groups in total. The predicted molar refractivity (Wildman–Crippen MR) is 81.3 cm³/mol. The zero-order valence-electron chi connectivity index (χ0n) is 13.7. The fourth-order valence-corrected chi connectivity index (χ4v) is 1.57. The van der Waals surface area contributed by atoms with Crippen molar-refractivity contribution in [3.05, 3.63) is 29.1 Å². The van der Waals surface area contributed by atoms with Crippen molar-refractivity contribution in [3.63, 3.8) is 0 Å². The van der Waals surface area contributed by atoms with Gasteiger partial charge in [0.05, 0.1) is 17.9 Å². The Kier molecular flexibility index (Phi) is 5.47. The van der Waals surface area contributed by atoms with Gasteiger partial charge in [-0.25, -0.2) is 9.78 Å². The monoisotopic (exact) mass is 292 g/mol. The number of nitrogens with zero attached hydrogens (tertiary/aromatic N) is 2. The highest BCUT2D eigenvalue weighted by molar-refractivity contribution is 5.94. The molecule has 0 spiro atoms. The zero-order valence-corrected chi connectivity index (χ0v) is 13.7. The van der Waals surface area contributed by atoms with Crippen LogP contribution < -0.4 is 0 Å². The summed E-state index contributed by atoms with van der Waals surface area (Å²) in [6.07, 6.45) is 0.924. The fourth-order valence-electron chi connectivity index (χ4n) is 1.57. The van der Waals surface area contributed by atoms with Crippen LogP contribution >= 0.6 is 0 Å². The third kappa shape index (κ3) is 4.55. The second-order valence-electron chi connectivity index (χ2n) is 6.12. The number of aryl methyl sites for hydroxylation is 1. The van der Waals surface area contributed by atoms with Gasteiger partial charge in [0.2, 0.25) is 0 Å². The quantitative estimate of drug-likeness (QED) is 0.783. The lowest BCUT2D eigenvalue weighted by atomic mass is 9.92. The summed E-state index contributed by atoms with van der Waals surface area (Å²) >= 11 is 0. The van der Waals surface area contributed by atoms with Gasteiger partial charge in [-0.05, 0) is 30.9 Å². The fraction of sp³-hybridized carbons (Fsp3) is 0.562. The molecule has 0 saturated heterocycles. The number of pyridine rings is 1. The maximum absolute atomic E-state index is 12.1. The van der Waals surface area contributed by atoms with Gasteiger partial charge in [-0.1, -0.05) is 20.8 Å². The molecule has 1 aromatic rings. The second kappa shape index (κ2) is 6.70. The second-order valence-corrected chi connectivity index (χ2v) is 6.12. The first kappa shape index (κ1) is 17.1. The third-order valence-electron chi connectivity index (χ3n) is 3.48. The molecule has 0 aliphatic heterocycles. The average Bonchev–Trinajstić information content (AvgIpc) is 2.43. The van der Waals surface area contributed by atoms with Crippen LogP contribution in [-0.2, 0) is 4.74 Å². The SMILES string of the molecule is CCC(C)(C)COC(=O)c1ccc(C(=O)N(C)C)nc1C. The van der Waals surface area contributed by atoms with Crippen LogP contribution in [-0.4, -0.2) is 42.5 Å². The topological polar surface area (TPSA) is 59.5 Å². The molecule has 21 heavy (non-hydrogen) atoms. The molecule has 0 aliphatic carbocycles. The lowest BCUT2D eigenvalue weighted by molar-refractivity contribution is 0.0334. The highest BCUT2D eigenvalue weighted by Crippen LogP contribution is 2.20. The number of esters is 1. The normalized spacial score (nSPS) is 11.1. The Morgan fingerprint density at radius 1 is 1.29 bits per heavy atom. The highest BCUT2D eigenvalue weighted by atomic mass is 16.5. The zero-order chi connectivity index (χ0) is 16.2. The largest absolute Gasteiger partial charge is 0.461 e. The van der Waals surface area contributed by atoms with Crippen molar-refractivity contribution in [1.82, 2.24) is 9.88 Å². The number of rotatable bonds is 5. The van der Waals surface area contributed by atoms with Crippen LogP contribution in [0.25, 0.3) is 0 Å². The first-order valence-corrected chi connectivity index (χ1v) is 7.04. The molecule has 116 valence electrons. The number of carbonyl (C=O) groups is 2. The molecule has 5 nitrogen and oxygen atoms in total. The van der Waals surface area contributed by atoms with Crippen molar-refractivity contribution < 1.29 is 14.3 Å². The summed E-state index contributed by atoms with van der Waals surface area (Å²) in [5.41, 5.74) is 1.18. The Bertz CT molecular complexity index is 536. The molecule has 1 aromatic heterocycles. The maximum Gasteiger partial charge on any atom is 0.339 e. The molecule has 0 saturated carbocycles. The first-order valence-electron chi connectivity index (χ1n) is 7.04. The van der Waals surface area contributed by atoms with E-state index in [0.717, 1.165) is 6.42 Å². The summed E-state index contributed by atoms with van der Waals surface area (Å²) in [5, 5.41) is 0. The summed E-state index contributed by atoms with van der Waals surface area (Å²) in [5.74, 6) is -0.587. The molecule has 0 atom stereocenters. The predicted octanol–water partition coefficient (Wildman–Crippen LogP) is 2.68. The van der Waals surface area contributed by atoms with E-state index in [1.165, 1.54) is 4.90 Å². The molecule has 0 unspecified atom stereocenters. The minimum Gasteiger partial charge on any atom is -0.461 e. The van der Waals surface area contributed by atoms with E-state index in [-0.39, 0.29) is 11.3 Å². The molecule has 0 radical (unpaired) electrons. The van der Waals surface area contributed by atoms with E-state index in [9.17, 15) is 9.59 Å². The highest BCUT2D eigenvalue weighted by Gasteiger charge is 2.20. The van der Waals surface area contributed by atoms with Gasteiger partial charge < -0.3 is 9.64 Å². The number of ether oxygens (including phenoxy) is 1. The van der Waals surface area contributed by atoms with Crippen molar-refractivity contribution in [2.45, 2.75) is 34.1 Å². The van der Waals surface area contributed by atoms with Crippen LogP contribution in [0.3, 0.4) is 0 Å². The van der Waals surface area contributed by atoms with Crippen LogP contribution in [0.4, 0.5) is 0 Å². The Labute approximate surface area is 126 Å². The number of hydrogen-bond donors (Lipinski definition) is 0. The van der Waals surface area contributed by atoms with Crippen LogP contribution in [0.2, 0.25) is 0 Å². The van der Waals surface area contributed by atoms with Gasteiger partial charge in [0.1, 0.15) is 5.69 Å². The Balaban J connectivity index is 2.85. The summed E-state index contributed by atoms with van der Waals surface area (Å²) in [7, 11) is 3.32. The van der Waals surface area contributed by atoms with Gasteiger partial charge in [0, 0.05) is 14.1 Å². The number of amides is 1. The molecule has 5 heteroatoms. The van der Waals surface area contributed by atoms with Crippen LogP contribution in [0, 0.1) is 12.3 Å². The molecule has 1 heterocycles. The van der Waals surface area contributed by atoms with E-state index >= 15 is 0 Å². The molecule has 0 fully saturated rings. The molecule has 0 bridgehead atoms. The molecule has 1 rings (SSSR count). The van der Waals surface area contributed by atoms with Crippen molar-refractivity contribution in [1.29, 1.82) is 0 Å². The van der Waals surface area contributed by atoms with E-state index in [4.69, 9.17) is 4.74 Å². The van der Waals surface area contributed by atoms with E-state index in [1.807, 2.05) is 13.8 Å². The van der Waals surface area contributed by atoms with Gasteiger partial charge in [0.25, 0.3) is 5.91 Å². The Morgan fingerprint density at radius 2 is 1.90 bits per heavy atom. The lowest BCUT2D eigenvalue weighted by Crippen LogP contribution is -2.24. The summed E-state index contributed by atoms with van der Waals surface area (Å²) in [4.78, 5) is 29.5. The smallest absolute Gasteiger partial charge is 0.339 e. The molecule has 0 aromatic carbocycles. The third-order valence-corrected chi connectivity index (χ3v) is 3.48. The number of carbonyl (C=O) groups excluding carboxylic acids is 2. The first-order chi connectivity index (χ1) is 9.68. The minimum atomic E-state index is -0.398. The van der Waals surface area contributed by atoms with E-state index in [2.05, 4.69) is 11.9 Å². The van der Waals surface area contributed by atoms with Crippen molar-refractivity contribution >= 4 is 11.9 Å². The van der Waals surface area contributed by atoms with E-state index in [1.54, 1.807) is 33.2 Å². The Hall–Kier alpha value is -1.91. The summed E-state index contributed by atoms with van der Waals surface area (Å²) < 4.78 is 5.34. The minimum absolute atomic E-state index is 0.0438. The van der Waals surface area contributed by atoms with Crippen molar-refractivity contribution in [2.24, 2.45) is 5.41 Å². The van der Waals surface area contributed by atoms with Gasteiger partial charge in [-0.2, -0.15) is 0 Å². The maximum atomic E-state index is 12.1. The molecule has 0 aliphatic rings. The molecular formula is C16H24N2O3. The number of aromatic nitrogens is 1. The summed E-state index contributed by atoms with van der Waals surface area (Å²) in [6.45, 7) is 8.21. The average molecular weight is 292 g/mol. The number of hydrogen-bond acceptors (Lipinski definition) is 4. The lowest BCUT2D eigenvalue weighted by Gasteiger charge is -2.22. The van der Waals surface area contributed by atoms with Crippen molar-refractivity contribution in [3.8, 4) is 0 Å².